The van der Waals surface area contributed by atoms with Crippen LogP contribution in [-0.2, 0) is 23.9 Å². The molecule has 12 nitrogen and oxygen atoms in total. The van der Waals surface area contributed by atoms with Crippen LogP contribution >= 0.6 is 11.8 Å². The zero-order valence-corrected chi connectivity index (χ0v) is 25.5. The summed E-state index contributed by atoms with van der Waals surface area (Å²) in [5.41, 5.74) is 2.90. The molecule has 0 spiro atoms. The maximum Gasteiger partial charge on any atom is 0.335 e. The molecule has 4 atom stereocenters. The third-order valence-electron chi connectivity index (χ3n) is 6.30. The van der Waals surface area contributed by atoms with Gasteiger partial charge in [0.05, 0.1) is 12.4 Å². The van der Waals surface area contributed by atoms with Crippen molar-refractivity contribution in [1.82, 2.24) is 9.80 Å². The fraction of sp³-hybridized carbons (Fsp3) is 0.400. The molecule has 234 valence electrons. The lowest BCUT2D eigenvalue weighted by molar-refractivity contribution is -0.165. The molecule has 3 rings (SSSR count). The number of aliphatic carboxylic acids is 2. The molecule has 2 aromatic carbocycles. The fourth-order valence-electron chi connectivity index (χ4n) is 4.11. The Morgan fingerprint density at radius 3 is 1.98 bits per heavy atom. The lowest BCUT2D eigenvalue weighted by atomic mass is 10.0. The van der Waals surface area contributed by atoms with E-state index in [2.05, 4.69) is 19.1 Å². The number of nitrogens with zero attached hydrogens (tertiary/aromatic N) is 2. The summed E-state index contributed by atoms with van der Waals surface area (Å²) < 4.78 is 11.0. The van der Waals surface area contributed by atoms with Gasteiger partial charge in [-0.25, -0.2) is 9.59 Å². The quantitative estimate of drug-likeness (QED) is 0.271. The van der Waals surface area contributed by atoms with Gasteiger partial charge in [-0.3, -0.25) is 9.59 Å². The summed E-state index contributed by atoms with van der Waals surface area (Å²) >= 11 is 1.58. The molecule has 2 aromatic rings. The van der Waals surface area contributed by atoms with E-state index < -0.39 is 41.5 Å². The molecular formula is C30H38N2O10S. The van der Waals surface area contributed by atoms with Crippen molar-refractivity contribution in [3.05, 3.63) is 71.4 Å². The van der Waals surface area contributed by atoms with Gasteiger partial charge in [-0.05, 0) is 43.8 Å². The Kier molecular flexibility index (Phi) is 13.7. The largest absolute Gasteiger partial charge is 0.497 e. The monoisotopic (exact) mass is 618 g/mol. The van der Waals surface area contributed by atoms with Crippen LogP contribution in [0.25, 0.3) is 4.91 Å². The number of rotatable bonds is 11. The second-order valence-electron chi connectivity index (χ2n) is 9.70. The number of carboxylic acids is 2. The number of benzene rings is 2. The fourth-order valence-corrected chi connectivity index (χ4v) is 5.62. The zero-order valence-electron chi connectivity index (χ0n) is 24.7. The van der Waals surface area contributed by atoms with Crippen molar-refractivity contribution in [1.29, 1.82) is 0 Å². The normalized spacial score (nSPS) is 18.2. The van der Waals surface area contributed by atoms with Gasteiger partial charge in [0.25, 0.3) is 5.91 Å². The van der Waals surface area contributed by atoms with Gasteiger partial charge in [0.2, 0.25) is 0 Å². The minimum atomic E-state index is -2.27. The number of carbonyl (C=O) groups is 4. The lowest BCUT2D eigenvalue weighted by Crippen LogP contribution is -2.44. The van der Waals surface area contributed by atoms with Crippen molar-refractivity contribution < 1.29 is 49.1 Å². The Labute approximate surface area is 254 Å². The number of aliphatic hydroxyl groups excluding tert-OH is 2. The number of esters is 1. The minimum Gasteiger partial charge on any atom is -0.497 e. The average Bonchev–Trinajstić information content (AvgIpc) is 3.09. The second kappa shape index (κ2) is 16.7. The number of carboxylic acid groups (broad SMARTS) is 2. The highest BCUT2D eigenvalue weighted by Gasteiger charge is 2.41. The van der Waals surface area contributed by atoms with Crippen LogP contribution < -0.4 is 4.74 Å². The number of likely N-dealkylation sites (N-methyl/N-ethyl adjacent to an activating group) is 1. The molecule has 1 aliphatic rings. The summed E-state index contributed by atoms with van der Waals surface area (Å²) in [6.07, 6.45) is -4.79. The first-order valence-corrected chi connectivity index (χ1v) is 14.2. The van der Waals surface area contributed by atoms with Crippen molar-refractivity contribution >= 4 is 40.5 Å². The SMILES string of the molecule is CCC1=C(c2ccccc2)S[C@H](c2ccc(OC)cc2)[C@H](OC(C)=O)C(=O)N1CCN(C)C.O=C(O)C(O)C(O)C(=O)O. The van der Waals surface area contributed by atoms with Crippen molar-refractivity contribution in [3.63, 3.8) is 0 Å². The first-order valence-electron chi connectivity index (χ1n) is 13.4. The third-order valence-corrected chi connectivity index (χ3v) is 7.78. The summed E-state index contributed by atoms with van der Waals surface area (Å²) in [4.78, 5) is 50.4. The number of hydrogen-bond donors (Lipinski definition) is 4. The van der Waals surface area contributed by atoms with Gasteiger partial charge < -0.3 is 39.7 Å². The lowest BCUT2D eigenvalue weighted by Gasteiger charge is -2.29. The zero-order chi connectivity index (χ0) is 32.3. The highest BCUT2D eigenvalue weighted by molar-refractivity contribution is 8.08. The van der Waals surface area contributed by atoms with Gasteiger partial charge in [-0.1, -0.05) is 49.4 Å². The molecule has 0 saturated carbocycles. The van der Waals surface area contributed by atoms with E-state index in [-0.39, 0.29) is 5.91 Å². The smallest absolute Gasteiger partial charge is 0.335 e. The van der Waals surface area contributed by atoms with E-state index in [1.165, 1.54) is 6.92 Å². The third kappa shape index (κ3) is 9.82. The number of aliphatic hydroxyl groups is 2. The van der Waals surface area contributed by atoms with Gasteiger partial charge in [0.15, 0.2) is 18.3 Å². The molecule has 0 aromatic heterocycles. The number of allylic oxidation sites excluding steroid dienone is 1. The van der Waals surface area contributed by atoms with E-state index in [0.29, 0.717) is 19.5 Å². The van der Waals surface area contributed by atoms with E-state index in [0.717, 1.165) is 27.5 Å². The topological polar surface area (TPSA) is 174 Å². The summed E-state index contributed by atoms with van der Waals surface area (Å²) in [6.45, 7) is 4.62. The predicted molar refractivity (Wildman–Crippen MR) is 160 cm³/mol. The standard InChI is InChI=1S/C26H32N2O4S.C4H6O6/c1-6-22-24(19-10-8-7-9-11-19)33-25(20-12-14-21(31-5)15-13-20)23(32-18(2)29)26(30)28(22)17-16-27(3)4;5-1(3(7)8)2(6)4(9)10/h7-15,23,25H,6,16-17H2,1-5H3;1-2,5-6H,(H,7,8)(H,9,10)/t23-,25+;/m0./s1. The molecule has 1 heterocycles. The average molecular weight is 619 g/mol. The van der Waals surface area contributed by atoms with Gasteiger partial charge in [0.1, 0.15) is 5.75 Å². The molecule has 1 amide bonds. The summed E-state index contributed by atoms with van der Waals surface area (Å²) in [7, 11) is 5.58. The Balaban J connectivity index is 0.000000553. The molecule has 0 saturated heterocycles. The van der Waals surface area contributed by atoms with E-state index >= 15 is 0 Å². The summed E-state index contributed by atoms with van der Waals surface area (Å²) in [5.74, 6) is -3.47. The minimum absolute atomic E-state index is 0.192. The maximum atomic E-state index is 13.9. The molecule has 1 aliphatic heterocycles. The molecule has 43 heavy (non-hydrogen) atoms. The van der Waals surface area contributed by atoms with Crippen LogP contribution in [0.5, 0.6) is 5.75 Å². The highest BCUT2D eigenvalue weighted by Crippen LogP contribution is 2.48. The molecule has 0 bridgehead atoms. The van der Waals surface area contributed by atoms with Crippen LogP contribution in [0.4, 0.5) is 0 Å². The Hall–Kier alpha value is -3.91. The van der Waals surface area contributed by atoms with Crippen molar-refractivity contribution in [2.75, 3.05) is 34.3 Å². The van der Waals surface area contributed by atoms with E-state index in [4.69, 9.17) is 29.9 Å². The van der Waals surface area contributed by atoms with Crippen LogP contribution in [-0.4, -0.2) is 107 Å². The number of hydrogen-bond acceptors (Lipinski definition) is 10. The Morgan fingerprint density at radius 1 is 0.977 bits per heavy atom. The Bertz CT molecular complexity index is 1270. The highest BCUT2D eigenvalue weighted by atomic mass is 32.2. The maximum absolute atomic E-state index is 13.9. The molecule has 4 N–H and O–H groups in total. The first-order chi connectivity index (χ1) is 20.3. The van der Waals surface area contributed by atoms with Crippen molar-refractivity contribution in [2.45, 2.75) is 43.8 Å². The van der Waals surface area contributed by atoms with Crippen molar-refractivity contribution in [2.24, 2.45) is 0 Å². The molecule has 13 heteroatoms. The van der Waals surface area contributed by atoms with E-state index in [1.807, 2.05) is 66.4 Å². The predicted octanol–water partition coefficient (Wildman–Crippen LogP) is 2.46. The van der Waals surface area contributed by atoms with E-state index in [9.17, 15) is 19.2 Å². The number of methoxy groups -OCH3 is 1. The van der Waals surface area contributed by atoms with Crippen LogP contribution in [0, 0.1) is 0 Å². The summed E-state index contributed by atoms with van der Waals surface area (Å²) in [6, 6.07) is 17.7. The van der Waals surface area contributed by atoms with E-state index in [1.54, 1.807) is 18.9 Å². The molecule has 0 fully saturated rings. The number of amides is 1. The van der Waals surface area contributed by atoms with Gasteiger partial charge >= 0.3 is 17.9 Å². The summed E-state index contributed by atoms with van der Waals surface area (Å²) in [5, 5.41) is 32.1. The second-order valence-corrected chi connectivity index (χ2v) is 10.8. The number of thioether (sulfide) groups is 1. The molecule has 2 unspecified atom stereocenters. The van der Waals surface area contributed by atoms with Gasteiger partial charge in [-0.2, -0.15) is 0 Å². The Morgan fingerprint density at radius 2 is 1.53 bits per heavy atom. The van der Waals surface area contributed by atoms with Crippen LogP contribution in [0.3, 0.4) is 0 Å². The van der Waals surface area contributed by atoms with Gasteiger partial charge in [-0.15, -0.1) is 11.8 Å². The van der Waals surface area contributed by atoms with Crippen molar-refractivity contribution in [3.8, 4) is 5.75 Å². The van der Waals surface area contributed by atoms with Crippen LogP contribution in [0.2, 0.25) is 0 Å². The molecular weight excluding hydrogens is 580 g/mol. The number of carbonyl (C=O) groups excluding carboxylic acids is 2. The van der Waals surface area contributed by atoms with Gasteiger partial charge in [0, 0.05) is 30.6 Å². The van der Waals surface area contributed by atoms with Crippen LogP contribution in [0.15, 0.2) is 60.3 Å². The number of ether oxygens (including phenoxy) is 2. The molecule has 0 aliphatic carbocycles. The molecule has 0 radical (unpaired) electrons. The first kappa shape index (κ1) is 35.3. The van der Waals surface area contributed by atoms with Crippen LogP contribution in [0.1, 0.15) is 36.6 Å².